The molecule has 1 amide bonds. The lowest BCUT2D eigenvalue weighted by Crippen LogP contribution is -2.48. The molecule has 1 aliphatic rings. The topological polar surface area (TPSA) is 73.4 Å². The molecule has 6 heteroatoms. The predicted octanol–water partition coefficient (Wildman–Crippen LogP) is 2.69. The Labute approximate surface area is 126 Å². The summed E-state index contributed by atoms with van der Waals surface area (Å²) in [6.45, 7) is 2.20. The summed E-state index contributed by atoms with van der Waals surface area (Å²) in [7, 11) is 0. The summed E-state index contributed by atoms with van der Waals surface area (Å²) in [5, 5.41) is 10.0. The van der Waals surface area contributed by atoms with Crippen LogP contribution >= 0.6 is 0 Å². The summed E-state index contributed by atoms with van der Waals surface area (Å²) in [6.07, 6.45) is 2.07. The fraction of sp³-hybridized carbons (Fsp3) is 0.375. The van der Waals surface area contributed by atoms with Crippen molar-refractivity contribution in [2.45, 2.75) is 32.2 Å². The summed E-state index contributed by atoms with van der Waals surface area (Å²) in [5.41, 5.74) is 1.58. The van der Waals surface area contributed by atoms with Gasteiger partial charge >= 0.3 is 5.97 Å². The Kier molecular flexibility index (Phi) is 3.60. The molecule has 2 N–H and O–H groups in total. The van der Waals surface area contributed by atoms with Crippen LogP contribution in [0.15, 0.2) is 18.2 Å². The molecule has 116 valence electrons. The number of carboxylic acids is 1. The second kappa shape index (κ2) is 5.44. The van der Waals surface area contributed by atoms with Gasteiger partial charge < -0.3 is 15.0 Å². The van der Waals surface area contributed by atoms with Crippen molar-refractivity contribution in [3.8, 4) is 0 Å². The van der Waals surface area contributed by atoms with Crippen molar-refractivity contribution >= 4 is 22.8 Å². The van der Waals surface area contributed by atoms with Crippen molar-refractivity contribution in [3.63, 3.8) is 0 Å². The standard InChI is InChI=1S/C16H17FN2O3/c1-9-6-10(17)7-12-11(9)8-13(18-12)15(20)19-5-3-2-4-14(19)16(21)22/h6-8,14,18H,2-5H2,1H3,(H,21,22). The van der Waals surface area contributed by atoms with Gasteiger partial charge in [0.1, 0.15) is 17.6 Å². The van der Waals surface area contributed by atoms with Gasteiger partial charge in [0.15, 0.2) is 0 Å². The normalized spacial score (nSPS) is 18.6. The number of rotatable bonds is 2. The number of aryl methyl sites for hydroxylation is 1. The fourth-order valence-electron chi connectivity index (χ4n) is 3.08. The number of hydrogen-bond acceptors (Lipinski definition) is 2. The average molecular weight is 304 g/mol. The largest absolute Gasteiger partial charge is 0.480 e. The number of likely N-dealkylation sites (tertiary alicyclic amines) is 1. The number of carbonyl (C=O) groups is 2. The molecule has 1 atom stereocenters. The van der Waals surface area contributed by atoms with Crippen LogP contribution in [0.4, 0.5) is 4.39 Å². The van der Waals surface area contributed by atoms with Gasteiger partial charge in [-0.2, -0.15) is 0 Å². The van der Waals surface area contributed by atoms with Crippen LogP contribution in [0.5, 0.6) is 0 Å². The summed E-state index contributed by atoms with van der Waals surface area (Å²) in [4.78, 5) is 28.2. The third-order valence-corrected chi connectivity index (χ3v) is 4.19. The van der Waals surface area contributed by atoms with E-state index in [1.807, 2.05) is 0 Å². The quantitative estimate of drug-likeness (QED) is 0.896. The number of amides is 1. The Hall–Kier alpha value is -2.37. The van der Waals surface area contributed by atoms with Crippen LogP contribution in [0.3, 0.4) is 0 Å². The zero-order chi connectivity index (χ0) is 15.9. The van der Waals surface area contributed by atoms with E-state index in [0.29, 0.717) is 24.2 Å². The molecule has 3 rings (SSSR count). The van der Waals surface area contributed by atoms with Crippen molar-refractivity contribution in [2.24, 2.45) is 0 Å². The minimum Gasteiger partial charge on any atom is -0.480 e. The van der Waals surface area contributed by atoms with Gasteiger partial charge in [-0.15, -0.1) is 0 Å². The first-order valence-electron chi connectivity index (χ1n) is 7.30. The molecule has 22 heavy (non-hydrogen) atoms. The van der Waals surface area contributed by atoms with E-state index in [2.05, 4.69) is 4.98 Å². The maximum atomic E-state index is 13.4. The van der Waals surface area contributed by atoms with Crippen LogP contribution in [0, 0.1) is 12.7 Å². The molecule has 0 saturated carbocycles. The zero-order valence-corrected chi connectivity index (χ0v) is 12.2. The molecule has 1 fully saturated rings. The lowest BCUT2D eigenvalue weighted by Gasteiger charge is -2.32. The molecule has 1 unspecified atom stereocenters. The van der Waals surface area contributed by atoms with Gasteiger partial charge in [-0.25, -0.2) is 9.18 Å². The fourth-order valence-corrected chi connectivity index (χ4v) is 3.08. The van der Waals surface area contributed by atoms with Crippen LogP contribution in [-0.2, 0) is 4.79 Å². The predicted molar refractivity (Wildman–Crippen MR) is 79.3 cm³/mol. The number of carbonyl (C=O) groups excluding carboxylic acids is 1. The van der Waals surface area contributed by atoms with Gasteiger partial charge in [-0.05, 0) is 49.9 Å². The molecule has 1 aromatic carbocycles. The Morgan fingerprint density at radius 2 is 2.09 bits per heavy atom. The SMILES string of the molecule is Cc1cc(F)cc2[nH]c(C(=O)N3CCCCC3C(=O)O)cc12. The van der Waals surface area contributed by atoms with E-state index in [9.17, 15) is 19.1 Å². The maximum absolute atomic E-state index is 13.4. The molecule has 0 bridgehead atoms. The lowest BCUT2D eigenvalue weighted by molar-refractivity contribution is -0.143. The average Bonchev–Trinajstić information content (AvgIpc) is 2.90. The summed E-state index contributed by atoms with van der Waals surface area (Å²) in [6, 6.07) is 3.63. The third-order valence-electron chi connectivity index (χ3n) is 4.19. The molecular weight excluding hydrogens is 287 g/mol. The van der Waals surface area contributed by atoms with Crippen LogP contribution in [0.1, 0.15) is 35.3 Å². The number of benzene rings is 1. The van der Waals surface area contributed by atoms with Crippen LogP contribution < -0.4 is 0 Å². The van der Waals surface area contributed by atoms with E-state index in [4.69, 9.17) is 0 Å². The Morgan fingerprint density at radius 3 is 2.82 bits per heavy atom. The minimum atomic E-state index is -0.980. The summed E-state index contributed by atoms with van der Waals surface area (Å²) >= 11 is 0. The number of H-pyrrole nitrogens is 1. The highest BCUT2D eigenvalue weighted by molar-refractivity contribution is 6.00. The van der Waals surface area contributed by atoms with Gasteiger partial charge in [-0.1, -0.05) is 0 Å². The highest BCUT2D eigenvalue weighted by atomic mass is 19.1. The van der Waals surface area contributed by atoms with Crippen molar-refractivity contribution in [1.29, 1.82) is 0 Å². The molecule has 0 spiro atoms. The molecule has 0 aliphatic carbocycles. The van der Waals surface area contributed by atoms with Gasteiger partial charge in [0.25, 0.3) is 5.91 Å². The van der Waals surface area contributed by atoms with E-state index < -0.39 is 12.0 Å². The third kappa shape index (κ3) is 2.45. The number of halogens is 1. The highest BCUT2D eigenvalue weighted by Gasteiger charge is 2.33. The van der Waals surface area contributed by atoms with Crippen molar-refractivity contribution in [2.75, 3.05) is 6.54 Å². The first-order chi connectivity index (χ1) is 10.5. The second-order valence-corrected chi connectivity index (χ2v) is 5.72. The van der Waals surface area contributed by atoms with Crippen LogP contribution in [-0.4, -0.2) is 39.5 Å². The molecule has 5 nitrogen and oxygen atoms in total. The lowest BCUT2D eigenvalue weighted by atomic mass is 10.0. The molecule has 1 saturated heterocycles. The molecule has 1 aromatic heterocycles. The Balaban J connectivity index is 1.97. The number of nitrogens with one attached hydrogen (secondary N) is 1. The molecule has 2 aromatic rings. The van der Waals surface area contributed by atoms with Crippen molar-refractivity contribution in [3.05, 3.63) is 35.3 Å². The van der Waals surface area contributed by atoms with E-state index in [0.717, 1.165) is 23.8 Å². The molecule has 2 heterocycles. The molecular formula is C16H17FN2O3. The van der Waals surface area contributed by atoms with E-state index in [-0.39, 0.29) is 11.7 Å². The van der Waals surface area contributed by atoms with Gasteiger partial charge in [0, 0.05) is 17.4 Å². The van der Waals surface area contributed by atoms with Crippen LogP contribution in [0.2, 0.25) is 0 Å². The number of hydrogen-bond donors (Lipinski definition) is 2. The number of piperidine rings is 1. The number of aliphatic carboxylic acids is 1. The van der Waals surface area contributed by atoms with E-state index in [1.54, 1.807) is 13.0 Å². The van der Waals surface area contributed by atoms with E-state index in [1.165, 1.54) is 17.0 Å². The van der Waals surface area contributed by atoms with E-state index >= 15 is 0 Å². The zero-order valence-electron chi connectivity index (χ0n) is 12.2. The van der Waals surface area contributed by atoms with Gasteiger partial charge in [0.2, 0.25) is 0 Å². The number of carboxylic acid groups (broad SMARTS) is 1. The highest BCUT2D eigenvalue weighted by Crippen LogP contribution is 2.24. The monoisotopic (exact) mass is 304 g/mol. The van der Waals surface area contributed by atoms with Gasteiger partial charge in [0.05, 0.1) is 0 Å². The van der Waals surface area contributed by atoms with Gasteiger partial charge in [-0.3, -0.25) is 4.79 Å². The number of aromatic nitrogens is 1. The maximum Gasteiger partial charge on any atom is 0.326 e. The number of aromatic amines is 1. The number of fused-ring (bicyclic) bond motifs is 1. The Morgan fingerprint density at radius 1 is 1.32 bits per heavy atom. The summed E-state index contributed by atoms with van der Waals surface area (Å²) in [5.74, 6) is -1.69. The smallest absolute Gasteiger partial charge is 0.326 e. The van der Waals surface area contributed by atoms with Crippen molar-refractivity contribution in [1.82, 2.24) is 9.88 Å². The number of nitrogens with zero attached hydrogens (tertiary/aromatic N) is 1. The molecule has 1 aliphatic heterocycles. The second-order valence-electron chi connectivity index (χ2n) is 5.72. The van der Waals surface area contributed by atoms with Crippen LogP contribution in [0.25, 0.3) is 10.9 Å². The first-order valence-corrected chi connectivity index (χ1v) is 7.30. The molecule has 0 radical (unpaired) electrons. The minimum absolute atomic E-state index is 0.303. The van der Waals surface area contributed by atoms with Crippen molar-refractivity contribution < 1.29 is 19.1 Å². The Bertz CT molecular complexity index is 753. The summed E-state index contributed by atoms with van der Waals surface area (Å²) < 4.78 is 13.4. The first kappa shape index (κ1) is 14.6.